The monoisotopic (exact) mass is 276 g/mol. The highest BCUT2D eigenvalue weighted by molar-refractivity contribution is 9.10. The molecule has 0 spiro atoms. The van der Waals surface area contributed by atoms with Crippen molar-refractivity contribution < 1.29 is 0 Å². The Bertz CT molecular complexity index is 553. The number of nitriles is 1. The number of H-pyrrole nitrogens is 1. The van der Waals surface area contributed by atoms with E-state index < -0.39 is 0 Å². The van der Waals surface area contributed by atoms with Gasteiger partial charge in [-0.15, -0.1) is 0 Å². The molecule has 1 aromatic heterocycles. The van der Waals surface area contributed by atoms with Crippen LogP contribution in [0.5, 0.6) is 0 Å². The Hall–Kier alpha value is -1.67. The summed E-state index contributed by atoms with van der Waals surface area (Å²) in [6.45, 7) is 2.00. The van der Waals surface area contributed by atoms with Gasteiger partial charge in [0.1, 0.15) is 5.82 Å². The van der Waals surface area contributed by atoms with E-state index in [-0.39, 0.29) is 6.42 Å². The van der Waals surface area contributed by atoms with Crippen molar-refractivity contribution in [1.82, 2.24) is 15.2 Å². The fourth-order valence-electron chi connectivity index (χ4n) is 1.45. The zero-order chi connectivity index (χ0) is 11.5. The normalized spacial score (nSPS) is 10.1. The molecule has 0 fully saturated rings. The average Bonchev–Trinajstić information content (AvgIpc) is 2.67. The van der Waals surface area contributed by atoms with Crippen molar-refractivity contribution in [2.24, 2.45) is 0 Å². The van der Waals surface area contributed by atoms with Crippen LogP contribution in [0.3, 0.4) is 0 Å². The van der Waals surface area contributed by atoms with Gasteiger partial charge < -0.3 is 0 Å². The zero-order valence-corrected chi connectivity index (χ0v) is 10.2. The molecule has 16 heavy (non-hydrogen) atoms. The van der Waals surface area contributed by atoms with Crippen molar-refractivity contribution in [3.63, 3.8) is 0 Å². The highest BCUT2D eigenvalue weighted by Crippen LogP contribution is 2.23. The zero-order valence-electron chi connectivity index (χ0n) is 8.66. The average molecular weight is 277 g/mol. The minimum absolute atomic E-state index is 0.253. The van der Waals surface area contributed by atoms with Crippen molar-refractivity contribution in [1.29, 1.82) is 5.26 Å². The molecule has 1 N–H and O–H groups in total. The number of nitrogens with zero attached hydrogens (tertiary/aromatic N) is 3. The van der Waals surface area contributed by atoms with Crippen LogP contribution in [0.15, 0.2) is 22.7 Å². The first-order chi connectivity index (χ1) is 7.70. The summed E-state index contributed by atoms with van der Waals surface area (Å²) in [5.41, 5.74) is 2.07. The van der Waals surface area contributed by atoms with Gasteiger partial charge in [0, 0.05) is 10.0 Å². The molecule has 0 aliphatic carbocycles. The summed E-state index contributed by atoms with van der Waals surface area (Å²) in [5, 5.41) is 15.4. The molecule has 1 aromatic carbocycles. The van der Waals surface area contributed by atoms with E-state index in [1.807, 2.05) is 31.2 Å². The Balaban J connectivity index is 2.39. The predicted molar refractivity (Wildman–Crippen MR) is 63.6 cm³/mol. The van der Waals surface area contributed by atoms with E-state index >= 15 is 0 Å². The number of benzene rings is 1. The summed E-state index contributed by atoms with van der Waals surface area (Å²) in [7, 11) is 0. The highest BCUT2D eigenvalue weighted by atomic mass is 79.9. The van der Waals surface area contributed by atoms with Gasteiger partial charge >= 0.3 is 0 Å². The van der Waals surface area contributed by atoms with Crippen LogP contribution in [0.1, 0.15) is 11.4 Å². The van der Waals surface area contributed by atoms with Crippen LogP contribution in [0.25, 0.3) is 11.4 Å². The number of aryl methyl sites for hydroxylation is 1. The Morgan fingerprint density at radius 2 is 2.31 bits per heavy atom. The number of aromatic nitrogens is 3. The molecular formula is C11H9BrN4. The molecule has 0 aliphatic heterocycles. The standard InChI is InChI=1S/C11H9BrN4/c1-7-6-8(12)2-3-9(7)11-14-10(4-5-13)15-16-11/h2-3,6H,4H2,1H3,(H,14,15,16). The number of halogens is 1. The molecule has 0 amide bonds. The van der Waals surface area contributed by atoms with Crippen molar-refractivity contribution in [3.8, 4) is 17.5 Å². The number of rotatable bonds is 2. The van der Waals surface area contributed by atoms with E-state index in [1.54, 1.807) is 0 Å². The third-order valence-electron chi connectivity index (χ3n) is 2.21. The van der Waals surface area contributed by atoms with E-state index in [0.717, 1.165) is 15.6 Å². The largest absolute Gasteiger partial charge is 0.262 e. The summed E-state index contributed by atoms with van der Waals surface area (Å²) in [5.74, 6) is 1.23. The lowest BCUT2D eigenvalue weighted by molar-refractivity contribution is 0.996. The summed E-state index contributed by atoms with van der Waals surface area (Å²) >= 11 is 3.41. The maximum absolute atomic E-state index is 8.55. The van der Waals surface area contributed by atoms with Gasteiger partial charge in [-0.1, -0.05) is 15.9 Å². The van der Waals surface area contributed by atoms with Crippen molar-refractivity contribution in [2.45, 2.75) is 13.3 Å². The summed E-state index contributed by atoms with van der Waals surface area (Å²) < 4.78 is 1.03. The topological polar surface area (TPSA) is 65.4 Å². The lowest BCUT2D eigenvalue weighted by Crippen LogP contribution is -1.86. The third kappa shape index (κ3) is 2.12. The molecule has 0 radical (unpaired) electrons. The summed E-state index contributed by atoms with van der Waals surface area (Å²) in [6.07, 6.45) is 0.253. The molecule has 5 heteroatoms. The van der Waals surface area contributed by atoms with Gasteiger partial charge in [0.05, 0.1) is 12.5 Å². The molecule has 0 saturated carbocycles. The molecule has 0 saturated heterocycles. The smallest absolute Gasteiger partial charge is 0.181 e. The Morgan fingerprint density at radius 3 is 3.00 bits per heavy atom. The van der Waals surface area contributed by atoms with Crippen LogP contribution >= 0.6 is 15.9 Å². The molecule has 0 atom stereocenters. The maximum Gasteiger partial charge on any atom is 0.181 e. The quantitative estimate of drug-likeness (QED) is 0.917. The summed E-state index contributed by atoms with van der Waals surface area (Å²) in [6, 6.07) is 7.95. The Labute approximate surface area is 101 Å². The van der Waals surface area contributed by atoms with E-state index in [4.69, 9.17) is 5.26 Å². The second-order valence-corrected chi connectivity index (χ2v) is 4.32. The second-order valence-electron chi connectivity index (χ2n) is 3.40. The number of nitrogens with one attached hydrogen (secondary N) is 1. The molecular weight excluding hydrogens is 268 g/mol. The molecule has 80 valence electrons. The molecule has 2 rings (SSSR count). The highest BCUT2D eigenvalue weighted by Gasteiger charge is 2.08. The molecule has 0 unspecified atom stereocenters. The predicted octanol–water partition coefficient (Wildman–Crippen LogP) is 2.61. The Kier molecular flexibility index (Phi) is 3.02. The van der Waals surface area contributed by atoms with Gasteiger partial charge in [-0.25, -0.2) is 4.98 Å². The van der Waals surface area contributed by atoms with Crippen molar-refractivity contribution in [3.05, 3.63) is 34.1 Å². The van der Waals surface area contributed by atoms with Crippen LogP contribution < -0.4 is 0 Å². The molecule has 0 bridgehead atoms. The fraction of sp³-hybridized carbons (Fsp3) is 0.182. The first-order valence-electron chi connectivity index (χ1n) is 4.75. The van der Waals surface area contributed by atoms with Crippen LogP contribution in [-0.4, -0.2) is 15.2 Å². The van der Waals surface area contributed by atoms with E-state index in [0.29, 0.717) is 11.6 Å². The van der Waals surface area contributed by atoms with Gasteiger partial charge in [0.25, 0.3) is 0 Å². The first-order valence-corrected chi connectivity index (χ1v) is 5.55. The van der Waals surface area contributed by atoms with E-state index in [9.17, 15) is 0 Å². The third-order valence-corrected chi connectivity index (χ3v) is 2.70. The van der Waals surface area contributed by atoms with Crippen LogP contribution in [0.2, 0.25) is 0 Å². The van der Waals surface area contributed by atoms with E-state index in [1.165, 1.54) is 0 Å². The van der Waals surface area contributed by atoms with Crippen LogP contribution in [0, 0.1) is 18.3 Å². The fourth-order valence-corrected chi connectivity index (χ4v) is 1.92. The van der Waals surface area contributed by atoms with Gasteiger partial charge in [0.15, 0.2) is 5.82 Å². The maximum atomic E-state index is 8.55. The Morgan fingerprint density at radius 1 is 1.50 bits per heavy atom. The lowest BCUT2D eigenvalue weighted by atomic mass is 10.1. The lowest BCUT2D eigenvalue weighted by Gasteiger charge is -2.01. The summed E-state index contributed by atoms with van der Waals surface area (Å²) in [4.78, 5) is 4.26. The number of aromatic amines is 1. The minimum atomic E-state index is 0.253. The molecule has 4 nitrogen and oxygen atoms in total. The van der Waals surface area contributed by atoms with E-state index in [2.05, 4.69) is 31.1 Å². The molecule has 1 heterocycles. The van der Waals surface area contributed by atoms with Crippen LogP contribution in [0.4, 0.5) is 0 Å². The van der Waals surface area contributed by atoms with Crippen LogP contribution in [-0.2, 0) is 6.42 Å². The number of hydrogen-bond donors (Lipinski definition) is 1. The van der Waals surface area contributed by atoms with Gasteiger partial charge in [0.2, 0.25) is 0 Å². The molecule has 2 aromatic rings. The van der Waals surface area contributed by atoms with Gasteiger partial charge in [-0.05, 0) is 30.7 Å². The van der Waals surface area contributed by atoms with Gasteiger partial charge in [-0.3, -0.25) is 5.10 Å². The number of hydrogen-bond acceptors (Lipinski definition) is 3. The van der Waals surface area contributed by atoms with Crippen molar-refractivity contribution in [2.75, 3.05) is 0 Å². The second kappa shape index (κ2) is 4.45. The van der Waals surface area contributed by atoms with Crippen molar-refractivity contribution >= 4 is 15.9 Å². The molecule has 0 aliphatic rings. The van der Waals surface area contributed by atoms with Gasteiger partial charge in [-0.2, -0.15) is 10.4 Å². The SMILES string of the molecule is Cc1cc(Br)ccc1-c1n[nH]c(CC#N)n1. The minimum Gasteiger partial charge on any atom is -0.262 e. The first kappa shape index (κ1) is 10.8.